The molecule has 1 aromatic rings. The summed E-state index contributed by atoms with van der Waals surface area (Å²) in [4.78, 5) is 10.9. The molecule has 88 valence electrons. The van der Waals surface area contributed by atoms with Crippen LogP contribution in [0.2, 0.25) is 0 Å². The molecule has 0 saturated heterocycles. The van der Waals surface area contributed by atoms with E-state index in [2.05, 4.69) is 4.72 Å². The molecular weight excluding hydrogens is 230 g/mol. The van der Waals surface area contributed by atoms with E-state index in [1.165, 1.54) is 12.1 Å². The van der Waals surface area contributed by atoms with Crippen molar-refractivity contribution in [3.8, 4) is 0 Å². The second-order valence-electron chi connectivity index (χ2n) is 3.03. The molecule has 0 heterocycles. The smallest absolute Gasteiger partial charge is 0.240 e. The molecular formula is C9H13N3O3S. The van der Waals surface area contributed by atoms with E-state index in [1.807, 2.05) is 5.43 Å². The fraction of sp³-hybridized carbons (Fsp3) is 0.222. The Hall–Kier alpha value is -1.44. The van der Waals surface area contributed by atoms with Gasteiger partial charge < -0.3 is 0 Å². The zero-order valence-corrected chi connectivity index (χ0v) is 9.33. The van der Waals surface area contributed by atoms with Gasteiger partial charge in [-0.2, -0.15) is 0 Å². The molecule has 0 aliphatic rings. The van der Waals surface area contributed by atoms with Crippen molar-refractivity contribution in [1.82, 2.24) is 10.1 Å². The molecule has 0 aliphatic carbocycles. The number of carbonyl (C=O) groups is 1. The molecule has 0 saturated carbocycles. The molecule has 0 unspecified atom stereocenters. The lowest BCUT2D eigenvalue weighted by Crippen LogP contribution is -2.34. The lowest BCUT2D eigenvalue weighted by Gasteiger charge is -2.05. The van der Waals surface area contributed by atoms with Gasteiger partial charge in [0.25, 0.3) is 0 Å². The number of sulfonamides is 1. The zero-order valence-electron chi connectivity index (χ0n) is 8.51. The quantitative estimate of drug-likeness (QED) is 0.363. The Bertz CT molecular complexity index is 444. The Morgan fingerprint density at radius 3 is 2.44 bits per heavy atom. The number of nitrogens with two attached hydrogens (primary N) is 1. The zero-order chi connectivity index (χ0) is 12.0. The summed E-state index contributed by atoms with van der Waals surface area (Å²) in [5.41, 5.74) is 1.92. The maximum absolute atomic E-state index is 11.6. The van der Waals surface area contributed by atoms with Gasteiger partial charge in [0.05, 0.1) is 4.90 Å². The Labute approximate surface area is 93.9 Å². The van der Waals surface area contributed by atoms with E-state index in [0.717, 1.165) is 0 Å². The fourth-order valence-corrected chi connectivity index (χ4v) is 2.11. The van der Waals surface area contributed by atoms with Gasteiger partial charge in [-0.3, -0.25) is 10.2 Å². The first kappa shape index (κ1) is 12.6. The van der Waals surface area contributed by atoms with Gasteiger partial charge in [-0.25, -0.2) is 19.0 Å². The van der Waals surface area contributed by atoms with Crippen LogP contribution in [-0.4, -0.2) is 20.9 Å². The highest BCUT2D eigenvalue weighted by Crippen LogP contribution is 2.06. The van der Waals surface area contributed by atoms with Gasteiger partial charge in [0, 0.05) is 13.0 Å². The van der Waals surface area contributed by atoms with Crippen LogP contribution in [0.1, 0.15) is 6.42 Å². The average Bonchev–Trinajstić information content (AvgIpc) is 2.30. The number of hydrazine groups is 1. The number of benzene rings is 1. The van der Waals surface area contributed by atoms with Crippen LogP contribution in [0.3, 0.4) is 0 Å². The van der Waals surface area contributed by atoms with E-state index >= 15 is 0 Å². The normalized spacial score (nSPS) is 11.1. The predicted octanol–water partition coefficient (Wildman–Crippen LogP) is -0.655. The van der Waals surface area contributed by atoms with Crippen molar-refractivity contribution >= 4 is 15.9 Å². The van der Waals surface area contributed by atoms with E-state index < -0.39 is 15.9 Å². The molecule has 0 atom stereocenters. The van der Waals surface area contributed by atoms with E-state index in [4.69, 9.17) is 5.84 Å². The molecule has 7 heteroatoms. The third kappa shape index (κ3) is 3.61. The highest BCUT2D eigenvalue weighted by atomic mass is 32.2. The summed E-state index contributed by atoms with van der Waals surface area (Å²) in [7, 11) is -3.53. The van der Waals surface area contributed by atoms with Crippen LogP contribution in [0.25, 0.3) is 0 Å². The van der Waals surface area contributed by atoms with Crippen LogP contribution >= 0.6 is 0 Å². The lowest BCUT2D eigenvalue weighted by molar-refractivity contribution is -0.120. The van der Waals surface area contributed by atoms with Crippen molar-refractivity contribution < 1.29 is 13.2 Å². The molecule has 1 amide bonds. The molecule has 4 N–H and O–H groups in total. The van der Waals surface area contributed by atoms with Crippen LogP contribution in [0.5, 0.6) is 0 Å². The minimum absolute atomic E-state index is 0.00254. The topological polar surface area (TPSA) is 101 Å². The minimum atomic E-state index is -3.53. The molecule has 1 rings (SSSR count). The van der Waals surface area contributed by atoms with Crippen LogP contribution in [0, 0.1) is 0 Å². The number of nitrogens with one attached hydrogen (secondary N) is 2. The van der Waals surface area contributed by atoms with Gasteiger partial charge in [-0.05, 0) is 12.1 Å². The van der Waals surface area contributed by atoms with E-state index in [1.54, 1.807) is 18.2 Å². The van der Waals surface area contributed by atoms with Crippen molar-refractivity contribution in [2.75, 3.05) is 6.54 Å². The van der Waals surface area contributed by atoms with Crippen molar-refractivity contribution in [2.45, 2.75) is 11.3 Å². The van der Waals surface area contributed by atoms with E-state index in [0.29, 0.717) is 0 Å². The number of hydrogen-bond donors (Lipinski definition) is 3. The van der Waals surface area contributed by atoms with Crippen molar-refractivity contribution in [2.24, 2.45) is 5.84 Å². The van der Waals surface area contributed by atoms with Crippen LogP contribution in [0.15, 0.2) is 35.2 Å². The molecule has 16 heavy (non-hydrogen) atoms. The Morgan fingerprint density at radius 1 is 1.25 bits per heavy atom. The summed E-state index contributed by atoms with van der Waals surface area (Å²) in [6.07, 6.45) is 0.00254. The summed E-state index contributed by atoms with van der Waals surface area (Å²) >= 11 is 0. The van der Waals surface area contributed by atoms with Gasteiger partial charge in [0.15, 0.2) is 0 Å². The SMILES string of the molecule is NNC(=O)CCNS(=O)(=O)c1ccccc1. The third-order valence-corrected chi connectivity index (χ3v) is 3.34. The molecule has 0 aliphatic heterocycles. The second kappa shape index (κ2) is 5.59. The highest BCUT2D eigenvalue weighted by Gasteiger charge is 2.12. The standard InChI is InChI=1S/C9H13N3O3S/c10-12-9(13)6-7-11-16(14,15)8-4-2-1-3-5-8/h1-5,11H,6-7,10H2,(H,12,13). The van der Waals surface area contributed by atoms with Gasteiger partial charge in [0.2, 0.25) is 15.9 Å². The maximum atomic E-state index is 11.6. The Balaban J connectivity index is 2.57. The van der Waals surface area contributed by atoms with Crippen molar-refractivity contribution in [3.63, 3.8) is 0 Å². The van der Waals surface area contributed by atoms with Crippen molar-refractivity contribution in [3.05, 3.63) is 30.3 Å². The number of hydrogen-bond acceptors (Lipinski definition) is 4. The second-order valence-corrected chi connectivity index (χ2v) is 4.80. The van der Waals surface area contributed by atoms with Crippen LogP contribution < -0.4 is 16.0 Å². The van der Waals surface area contributed by atoms with Crippen molar-refractivity contribution in [1.29, 1.82) is 0 Å². The summed E-state index contributed by atoms with van der Waals surface area (Å²) in [5, 5.41) is 0. The van der Waals surface area contributed by atoms with Gasteiger partial charge in [0.1, 0.15) is 0 Å². The van der Waals surface area contributed by atoms with Crippen LogP contribution in [0.4, 0.5) is 0 Å². The molecule has 0 bridgehead atoms. The molecule has 6 nitrogen and oxygen atoms in total. The van der Waals surface area contributed by atoms with E-state index in [9.17, 15) is 13.2 Å². The maximum Gasteiger partial charge on any atom is 0.240 e. The molecule has 0 aromatic heterocycles. The fourth-order valence-electron chi connectivity index (χ4n) is 1.05. The molecule has 0 fully saturated rings. The Kier molecular flexibility index (Phi) is 4.41. The average molecular weight is 243 g/mol. The largest absolute Gasteiger partial charge is 0.294 e. The highest BCUT2D eigenvalue weighted by molar-refractivity contribution is 7.89. The number of rotatable bonds is 5. The first-order chi connectivity index (χ1) is 7.56. The van der Waals surface area contributed by atoms with Crippen LogP contribution in [-0.2, 0) is 14.8 Å². The monoisotopic (exact) mass is 243 g/mol. The minimum Gasteiger partial charge on any atom is -0.294 e. The van der Waals surface area contributed by atoms with Gasteiger partial charge in [-0.1, -0.05) is 18.2 Å². The summed E-state index contributed by atoms with van der Waals surface area (Å²) in [6, 6.07) is 7.93. The lowest BCUT2D eigenvalue weighted by atomic mass is 10.4. The van der Waals surface area contributed by atoms with Gasteiger partial charge >= 0.3 is 0 Å². The molecule has 0 spiro atoms. The molecule has 1 aromatic carbocycles. The summed E-state index contributed by atoms with van der Waals surface area (Å²) < 4.78 is 25.6. The Morgan fingerprint density at radius 2 is 1.88 bits per heavy atom. The van der Waals surface area contributed by atoms with E-state index in [-0.39, 0.29) is 17.9 Å². The first-order valence-corrected chi connectivity index (χ1v) is 6.09. The predicted molar refractivity (Wildman–Crippen MR) is 58.6 cm³/mol. The first-order valence-electron chi connectivity index (χ1n) is 4.60. The summed E-state index contributed by atoms with van der Waals surface area (Å²) in [6.45, 7) is 0.0141. The number of carbonyl (C=O) groups excluding carboxylic acids is 1. The molecule has 0 radical (unpaired) electrons. The van der Waals surface area contributed by atoms with Gasteiger partial charge in [-0.15, -0.1) is 0 Å². The third-order valence-electron chi connectivity index (χ3n) is 1.86. The number of amides is 1. The summed E-state index contributed by atoms with van der Waals surface area (Å²) in [5.74, 6) is 4.44.